The second-order valence-electron chi connectivity index (χ2n) is 3.99. The van der Waals surface area contributed by atoms with Crippen molar-refractivity contribution in [1.82, 2.24) is 0 Å². The van der Waals surface area contributed by atoms with E-state index in [-0.39, 0.29) is 5.78 Å². The van der Waals surface area contributed by atoms with Crippen LogP contribution >= 0.6 is 0 Å². The molecule has 0 saturated heterocycles. The first kappa shape index (κ1) is 11.6. The van der Waals surface area contributed by atoms with E-state index in [1.54, 1.807) is 0 Å². The summed E-state index contributed by atoms with van der Waals surface area (Å²) < 4.78 is 5.49. The zero-order valence-electron chi connectivity index (χ0n) is 8.73. The standard InChI is InChI=1S/C10H19O2/c1-7-12-10(5,6)9(3,4)8(2)11/h2,7H2,1,3-6H3. The van der Waals surface area contributed by atoms with E-state index in [1.165, 1.54) is 0 Å². The summed E-state index contributed by atoms with van der Waals surface area (Å²) >= 11 is 0. The monoisotopic (exact) mass is 171 g/mol. The highest BCUT2D eigenvalue weighted by atomic mass is 16.5. The van der Waals surface area contributed by atoms with Gasteiger partial charge in [0, 0.05) is 13.5 Å². The van der Waals surface area contributed by atoms with E-state index in [2.05, 4.69) is 6.92 Å². The molecular weight excluding hydrogens is 152 g/mol. The Balaban J connectivity index is 4.62. The predicted octanol–water partition coefficient (Wildman–Crippen LogP) is 2.23. The molecule has 0 unspecified atom stereocenters. The van der Waals surface area contributed by atoms with Crippen LogP contribution in [0.4, 0.5) is 0 Å². The fourth-order valence-electron chi connectivity index (χ4n) is 0.877. The van der Waals surface area contributed by atoms with Crippen LogP contribution in [0.3, 0.4) is 0 Å². The van der Waals surface area contributed by atoms with Crippen molar-refractivity contribution in [3.8, 4) is 0 Å². The zero-order chi connectivity index (χ0) is 9.99. The molecule has 71 valence electrons. The van der Waals surface area contributed by atoms with Crippen LogP contribution < -0.4 is 0 Å². The molecule has 0 aliphatic carbocycles. The number of hydrogen-bond donors (Lipinski definition) is 0. The number of rotatable bonds is 4. The molecule has 0 N–H and O–H groups in total. The highest BCUT2D eigenvalue weighted by Crippen LogP contribution is 2.34. The SMILES string of the molecule is [CH2]C(=O)C(C)(C)C(C)(C)OCC. The Labute approximate surface area is 75.3 Å². The van der Waals surface area contributed by atoms with E-state index < -0.39 is 11.0 Å². The van der Waals surface area contributed by atoms with Gasteiger partial charge in [-0.3, -0.25) is 4.79 Å². The van der Waals surface area contributed by atoms with E-state index in [4.69, 9.17) is 4.74 Å². The molecule has 0 heterocycles. The normalized spacial score (nSPS) is 13.2. The summed E-state index contributed by atoms with van der Waals surface area (Å²) in [5.41, 5.74) is -0.969. The molecule has 0 saturated carbocycles. The van der Waals surface area contributed by atoms with Crippen molar-refractivity contribution in [2.75, 3.05) is 6.61 Å². The Morgan fingerprint density at radius 3 is 2.00 bits per heavy atom. The molecule has 2 heteroatoms. The molecule has 0 spiro atoms. The van der Waals surface area contributed by atoms with Crippen LogP contribution in [-0.4, -0.2) is 18.0 Å². The third-order valence-electron chi connectivity index (χ3n) is 2.71. The summed E-state index contributed by atoms with van der Waals surface area (Å²) in [6.45, 7) is 13.5. The minimum Gasteiger partial charge on any atom is -0.375 e. The molecule has 0 bridgehead atoms. The lowest BCUT2D eigenvalue weighted by Crippen LogP contribution is -2.46. The van der Waals surface area contributed by atoms with Gasteiger partial charge in [-0.2, -0.15) is 0 Å². The molecule has 0 fully saturated rings. The minimum atomic E-state index is -0.525. The van der Waals surface area contributed by atoms with E-state index in [0.717, 1.165) is 0 Å². The van der Waals surface area contributed by atoms with Gasteiger partial charge in [-0.15, -0.1) is 0 Å². The van der Waals surface area contributed by atoms with Crippen molar-refractivity contribution in [3.63, 3.8) is 0 Å². The molecule has 0 atom stereocenters. The lowest BCUT2D eigenvalue weighted by molar-refractivity contribution is -0.143. The van der Waals surface area contributed by atoms with Crippen LogP contribution in [0.25, 0.3) is 0 Å². The summed E-state index contributed by atoms with van der Waals surface area (Å²) in [4.78, 5) is 11.2. The van der Waals surface area contributed by atoms with Gasteiger partial charge in [-0.25, -0.2) is 0 Å². The van der Waals surface area contributed by atoms with Crippen molar-refractivity contribution in [1.29, 1.82) is 0 Å². The van der Waals surface area contributed by atoms with Gasteiger partial charge in [0.1, 0.15) is 5.78 Å². The van der Waals surface area contributed by atoms with Gasteiger partial charge in [0.25, 0.3) is 0 Å². The zero-order valence-corrected chi connectivity index (χ0v) is 8.73. The van der Waals surface area contributed by atoms with E-state index in [0.29, 0.717) is 6.61 Å². The van der Waals surface area contributed by atoms with Gasteiger partial charge in [-0.05, 0) is 20.8 Å². The van der Waals surface area contributed by atoms with Gasteiger partial charge in [0.2, 0.25) is 0 Å². The first-order valence-corrected chi connectivity index (χ1v) is 4.26. The second-order valence-corrected chi connectivity index (χ2v) is 3.99. The topological polar surface area (TPSA) is 26.3 Å². The van der Waals surface area contributed by atoms with Crippen molar-refractivity contribution < 1.29 is 9.53 Å². The van der Waals surface area contributed by atoms with E-state index >= 15 is 0 Å². The molecule has 0 aromatic rings. The minimum absolute atomic E-state index is 0.0825. The summed E-state index contributed by atoms with van der Waals surface area (Å²) in [5.74, 6) is -0.0825. The summed E-state index contributed by atoms with van der Waals surface area (Å²) in [6, 6.07) is 0. The van der Waals surface area contributed by atoms with Crippen molar-refractivity contribution in [2.45, 2.75) is 40.2 Å². The van der Waals surface area contributed by atoms with Gasteiger partial charge in [0.15, 0.2) is 0 Å². The number of hydrogen-bond acceptors (Lipinski definition) is 2. The average Bonchev–Trinajstić information content (AvgIpc) is 1.86. The fraction of sp³-hybridized carbons (Fsp3) is 0.800. The van der Waals surface area contributed by atoms with Gasteiger partial charge >= 0.3 is 0 Å². The lowest BCUT2D eigenvalue weighted by Gasteiger charge is -2.39. The third-order valence-corrected chi connectivity index (χ3v) is 2.71. The van der Waals surface area contributed by atoms with Crippen LogP contribution in [0.1, 0.15) is 34.6 Å². The van der Waals surface area contributed by atoms with Gasteiger partial charge in [0.05, 0.1) is 11.0 Å². The molecule has 0 amide bonds. The molecule has 0 aromatic heterocycles. The highest BCUT2D eigenvalue weighted by Gasteiger charge is 2.41. The van der Waals surface area contributed by atoms with E-state index in [1.807, 2.05) is 34.6 Å². The Hall–Kier alpha value is -0.370. The van der Waals surface area contributed by atoms with Gasteiger partial charge in [-0.1, -0.05) is 13.8 Å². The molecule has 0 aliphatic rings. The molecule has 0 aliphatic heterocycles. The van der Waals surface area contributed by atoms with Crippen LogP contribution in [-0.2, 0) is 9.53 Å². The lowest BCUT2D eigenvalue weighted by atomic mass is 9.74. The molecule has 12 heavy (non-hydrogen) atoms. The van der Waals surface area contributed by atoms with Crippen molar-refractivity contribution in [3.05, 3.63) is 6.92 Å². The largest absolute Gasteiger partial charge is 0.375 e. The van der Waals surface area contributed by atoms with Crippen molar-refractivity contribution in [2.24, 2.45) is 5.41 Å². The number of Topliss-reactive ketones (excluding diaryl/α,β-unsaturated/α-hetero) is 1. The molecular formula is C10H19O2. The van der Waals surface area contributed by atoms with Crippen molar-refractivity contribution >= 4 is 5.78 Å². The summed E-state index contributed by atoms with van der Waals surface area (Å²) in [6.07, 6.45) is 0. The third kappa shape index (κ3) is 2.07. The van der Waals surface area contributed by atoms with Crippen LogP contribution in [0.15, 0.2) is 0 Å². The predicted molar refractivity (Wildman–Crippen MR) is 49.9 cm³/mol. The molecule has 0 aromatic carbocycles. The smallest absolute Gasteiger partial charge is 0.141 e. The Morgan fingerprint density at radius 2 is 1.75 bits per heavy atom. The van der Waals surface area contributed by atoms with E-state index in [9.17, 15) is 4.79 Å². The Bertz CT molecular complexity index is 169. The quantitative estimate of drug-likeness (QED) is 0.648. The van der Waals surface area contributed by atoms with Gasteiger partial charge < -0.3 is 4.74 Å². The number of carbonyl (C=O) groups is 1. The molecule has 1 radical (unpaired) electrons. The summed E-state index contributed by atoms with van der Waals surface area (Å²) in [7, 11) is 0. The maximum atomic E-state index is 11.2. The van der Waals surface area contributed by atoms with Crippen LogP contribution in [0, 0.1) is 12.3 Å². The number of ether oxygens (including phenoxy) is 1. The number of carbonyl (C=O) groups excluding carboxylic acids is 1. The average molecular weight is 171 g/mol. The highest BCUT2D eigenvalue weighted by molar-refractivity contribution is 5.88. The molecule has 2 nitrogen and oxygen atoms in total. The summed E-state index contributed by atoms with van der Waals surface area (Å²) in [5, 5.41) is 0. The van der Waals surface area contributed by atoms with Crippen LogP contribution in [0.5, 0.6) is 0 Å². The number of ketones is 1. The Kier molecular flexibility index (Phi) is 3.45. The maximum absolute atomic E-state index is 11.2. The maximum Gasteiger partial charge on any atom is 0.141 e. The first-order chi connectivity index (χ1) is 5.25. The fourth-order valence-corrected chi connectivity index (χ4v) is 0.877. The Morgan fingerprint density at radius 1 is 1.33 bits per heavy atom. The first-order valence-electron chi connectivity index (χ1n) is 4.26. The second kappa shape index (κ2) is 3.56. The van der Waals surface area contributed by atoms with Crippen LogP contribution in [0.2, 0.25) is 0 Å². The molecule has 0 rings (SSSR count).